The van der Waals surface area contributed by atoms with Crippen LogP contribution in [-0.2, 0) is 190 Å². The first-order valence-corrected chi connectivity index (χ1v) is 21.6. The van der Waals surface area contributed by atoms with E-state index in [9.17, 15) is 34.3 Å². The van der Waals surface area contributed by atoms with E-state index in [1.54, 1.807) is 36.5 Å². The maximum Gasteiger partial charge on any atom is 0.186 e. The number of nitrogens with zero attached hydrogens (tertiary/aromatic N) is 5. The molecule has 3 amide bonds. The van der Waals surface area contributed by atoms with Gasteiger partial charge in [0.2, 0.25) is 0 Å². The van der Waals surface area contributed by atoms with Crippen molar-refractivity contribution in [3.8, 4) is 11.8 Å². The van der Waals surface area contributed by atoms with Gasteiger partial charge in [0, 0.05) is 173 Å². The van der Waals surface area contributed by atoms with Gasteiger partial charge >= 0.3 is 0 Å². The van der Waals surface area contributed by atoms with E-state index in [1.165, 1.54) is 24.3 Å². The molecule has 279 valence electrons. The van der Waals surface area contributed by atoms with Crippen molar-refractivity contribution in [2.24, 2.45) is 0 Å². The number of β-lactam (4-membered cyclic amide) rings is 3. The fraction of sp³-hybridized carbons (Fsp3) is 0.485. The Balaban J connectivity index is -0.000000193. The first kappa shape index (κ1) is 63.3. The van der Waals surface area contributed by atoms with Crippen LogP contribution < -0.4 is 0 Å². The quantitative estimate of drug-likeness (QED) is 0.226. The summed E-state index contributed by atoms with van der Waals surface area (Å²) in [6.07, 6.45) is 16.5. The molecule has 6 aliphatic rings. The van der Waals surface area contributed by atoms with Crippen LogP contribution in [-0.4, -0.2) is 79.1 Å². The fourth-order valence-electron chi connectivity index (χ4n) is 4.73. The molecule has 3 heterocycles. The maximum absolute atomic E-state index is 10.9. The Morgan fingerprint density at radius 1 is 0.698 bits per heavy atom. The Labute approximate surface area is 433 Å². The minimum atomic E-state index is -1.81. The number of nitriles is 2. The second-order valence-corrected chi connectivity index (χ2v) is 22.9. The van der Waals surface area contributed by atoms with Crippen molar-refractivity contribution >= 4 is 45.7 Å². The summed E-state index contributed by atoms with van der Waals surface area (Å²) in [5.74, 6) is -0.524. The Bertz CT molecular complexity index is 1510. The van der Waals surface area contributed by atoms with Crippen LogP contribution in [0.2, 0.25) is 39.3 Å². The van der Waals surface area contributed by atoms with Gasteiger partial charge in [0.25, 0.3) is 0 Å². The van der Waals surface area contributed by atoms with Gasteiger partial charge in [-0.2, -0.15) is 5.26 Å². The molecule has 0 saturated carbocycles. The zero-order chi connectivity index (χ0) is 34.6. The molecular weight excluding hydrogens is 1450 g/mol. The predicted molar refractivity (Wildman–Crippen MR) is 182 cm³/mol. The largest absolute Gasteiger partial charge is 0.643 e. The number of ketones is 2. The smallest absolute Gasteiger partial charge is 0.186 e. The van der Waals surface area contributed by atoms with E-state index in [-0.39, 0.29) is 211 Å². The molecular formula is C33H42N5O7Si2W3Y3-3. The van der Waals surface area contributed by atoms with Gasteiger partial charge in [-0.05, 0) is 69.3 Å². The van der Waals surface area contributed by atoms with Crippen LogP contribution >= 0.6 is 0 Å². The van der Waals surface area contributed by atoms with Gasteiger partial charge in [-0.15, -0.1) is 0 Å². The fourth-order valence-corrected chi connectivity index (χ4v) is 5.92. The molecule has 6 rings (SSSR count). The molecule has 2 atom stereocenters. The number of carbonyl (C=O) groups is 5. The average molecular weight is 1500 g/mol. The Hall–Kier alpha value is 1.16. The molecule has 53 heavy (non-hydrogen) atoms. The molecule has 0 aromatic carbocycles. The number of rotatable bonds is 2. The monoisotopic (exact) mass is 1490 g/mol. The van der Waals surface area contributed by atoms with Crippen molar-refractivity contribution in [1.29, 1.82) is 10.5 Å². The van der Waals surface area contributed by atoms with Gasteiger partial charge in [-0.25, -0.2) is 5.26 Å². The summed E-state index contributed by atoms with van der Waals surface area (Å²) in [6, 6.07) is 2.18. The van der Waals surface area contributed by atoms with Gasteiger partial charge in [0.15, 0.2) is 33.6 Å². The molecule has 0 bridgehead atoms. The van der Waals surface area contributed by atoms with Gasteiger partial charge < -0.3 is 39.9 Å². The van der Waals surface area contributed by atoms with Crippen LogP contribution in [0.15, 0.2) is 60.8 Å². The summed E-state index contributed by atoms with van der Waals surface area (Å²) in [5.41, 5.74) is -0.451. The summed E-state index contributed by atoms with van der Waals surface area (Å²) >= 11 is 0. The van der Waals surface area contributed by atoms with Crippen molar-refractivity contribution in [3.05, 3.63) is 76.7 Å². The standard InChI is InChI=1S/C12H16N2O2Si.C8H9NO3.C8H7NO2.C4H9NSi.CH4.3W.3Y/c1-17(2,3)16-12(9-13)6-4-11(5-7-12)8-10(15)14-11;10-5-1-2-8(6(11)3-5)4-7(12)9-8;10-6-1-3-8(4-2-6)5-7(11)9-8;1-6(2,3)4-5;;;;;;;/h4-7H,8H2,1-3H3,(H,14,15);1-2,6,11H,3-4H2,(H,9,12);1-4H,5H2,(H,9,11);1-3H3;1H4;;;;;;/p-3/t;6-,8?;;;;;;;;;/m.1........./s1. The molecule has 20 heteroatoms. The molecule has 1 N–H and O–H groups in total. The van der Waals surface area contributed by atoms with E-state index >= 15 is 0 Å². The van der Waals surface area contributed by atoms with Gasteiger partial charge in [0.05, 0.1) is 23.8 Å². The zero-order valence-corrected chi connectivity index (χ0v) is 49.1. The number of allylic oxidation sites excluding steroid dienone is 3. The summed E-state index contributed by atoms with van der Waals surface area (Å²) in [4.78, 5) is 53.5. The minimum absolute atomic E-state index is 0. The van der Waals surface area contributed by atoms with E-state index < -0.39 is 44.7 Å². The second kappa shape index (κ2) is 25.6. The minimum Gasteiger partial charge on any atom is -0.643 e. The van der Waals surface area contributed by atoms with E-state index in [0.717, 1.165) is 0 Å². The van der Waals surface area contributed by atoms with Crippen molar-refractivity contribution in [2.75, 3.05) is 0 Å². The third-order valence-corrected chi connectivity index (χ3v) is 8.75. The Kier molecular flexibility index (Phi) is 30.6. The number of carbonyl (C=O) groups excluding carboxylic acids is 5. The van der Waals surface area contributed by atoms with Gasteiger partial charge in [-0.1, -0.05) is 74.1 Å². The topological polar surface area (TPSA) is 205 Å². The van der Waals surface area contributed by atoms with Crippen LogP contribution in [0.25, 0.3) is 16.0 Å². The normalized spacial score (nSPS) is 26.7. The Morgan fingerprint density at radius 2 is 1.08 bits per heavy atom. The molecule has 3 saturated heterocycles. The number of hydrogen-bond donors (Lipinski definition) is 1. The summed E-state index contributed by atoms with van der Waals surface area (Å²) in [7, 11) is -3.14. The van der Waals surface area contributed by atoms with Crippen molar-refractivity contribution in [3.63, 3.8) is 0 Å². The van der Waals surface area contributed by atoms with Gasteiger partial charge in [-0.3, -0.25) is 9.59 Å². The third kappa shape index (κ3) is 19.2. The molecule has 3 spiro atoms. The molecule has 3 fully saturated rings. The second-order valence-electron chi connectivity index (χ2n) is 13.8. The number of amides is 3. The van der Waals surface area contributed by atoms with E-state index in [4.69, 9.17) is 9.69 Å². The van der Waals surface area contributed by atoms with E-state index in [2.05, 4.69) is 27.7 Å². The molecule has 3 aliphatic heterocycles. The van der Waals surface area contributed by atoms with Gasteiger partial charge in [0.1, 0.15) is 6.07 Å². The predicted octanol–water partition coefficient (Wildman–Crippen LogP) is 4.92. The number of aliphatic hydroxyl groups is 1. The SMILES string of the molecule is C.C[Si](C)(C)C#N.C[Si](C)(C)OC1(C#N)C=CC2(C=C1)CC(=O)[N-]2.O=C1C=CC2(C=C1)CC(=O)[N-]2.O=C1C=CC2(CC(=O)[N-]2)[C@H](O)C1.[W].[W].[W].[Y].[Y].[Y]. The van der Waals surface area contributed by atoms with Crippen LogP contribution in [0.1, 0.15) is 33.1 Å². The first-order valence-electron chi connectivity index (χ1n) is 14.7. The molecule has 1 unspecified atom stereocenters. The van der Waals surface area contributed by atoms with Crippen LogP contribution in [0, 0.1) is 22.3 Å². The van der Waals surface area contributed by atoms with Crippen LogP contribution in [0.5, 0.6) is 0 Å². The van der Waals surface area contributed by atoms with Crippen molar-refractivity contribution < 1.29 is 195 Å². The summed E-state index contributed by atoms with van der Waals surface area (Å²) < 4.78 is 5.88. The third-order valence-electron chi connectivity index (χ3n) is 7.13. The van der Waals surface area contributed by atoms with Crippen molar-refractivity contribution in [1.82, 2.24) is 0 Å². The number of aliphatic hydroxyl groups excluding tert-OH is 1. The molecule has 3 aliphatic carbocycles. The van der Waals surface area contributed by atoms with E-state index in [0.29, 0.717) is 12.8 Å². The van der Waals surface area contributed by atoms with E-state index in [1.807, 2.05) is 39.3 Å². The maximum atomic E-state index is 10.9. The number of hydrogen-bond acceptors (Lipinski definition) is 9. The van der Waals surface area contributed by atoms with Crippen molar-refractivity contribution in [2.45, 2.75) is 101 Å². The molecule has 0 aromatic rings. The first-order chi connectivity index (χ1) is 21.2. The average Bonchev–Trinajstić information content (AvgIpc) is 2.91. The Morgan fingerprint density at radius 3 is 1.38 bits per heavy atom. The van der Waals surface area contributed by atoms with Crippen LogP contribution in [0.3, 0.4) is 0 Å². The summed E-state index contributed by atoms with van der Waals surface area (Å²) in [5, 5.41) is 38.4. The summed E-state index contributed by atoms with van der Waals surface area (Å²) in [6.45, 7) is 12.2. The zero-order valence-electron chi connectivity index (χ0n) is 29.8. The molecule has 0 aromatic heterocycles. The molecule has 12 nitrogen and oxygen atoms in total. The van der Waals surface area contributed by atoms with Crippen LogP contribution in [0.4, 0.5) is 0 Å². The molecule has 3 radical (unpaired) electrons.